The molecule has 0 bridgehead atoms. The molecule has 3 N–H and O–H groups in total. The SMILES string of the molecule is Cc1nc2ncnn2c(C)c1CCC(=O)NC(CN)c1ccc2ccccc2c1. The first-order chi connectivity index (χ1) is 14.1. The number of carbonyl (C=O) groups excluding carboxylic acids is 1. The van der Waals surface area contributed by atoms with Gasteiger partial charge in [-0.15, -0.1) is 0 Å². The monoisotopic (exact) mass is 388 g/mol. The highest BCUT2D eigenvalue weighted by atomic mass is 16.1. The third-order valence-electron chi connectivity index (χ3n) is 5.34. The Morgan fingerprint density at radius 1 is 1.17 bits per heavy atom. The van der Waals surface area contributed by atoms with Crippen LogP contribution in [-0.4, -0.2) is 32.0 Å². The maximum absolute atomic E-state index is 12.6. The predicted molar refractivity (Wildman–Crippen MR) is 112 cm³/mol. The first kappa shape index (κ1) is 19.0. The second-order valence-corrected chi connectivity index (χ2v) is 7.20. The van der Waals surface area contributed by atoms with Crippen LogP contribution in [0.4, 0.5) is 0 Å². The molecule has 2 aromatic carbocycles. The third kappa shape index (κ3) is 3.82. The molecule has 0 saturated heterocycles. The zero-order valence-electron chi connectivity index (χ0n) is 16.6. The average molecular weight is 388 g/mol. The number of nitrogens with two attached hydrogens (primary N) is 1. The number of aryl methyl sites for hydroxylation is 2. The van der Waals surface area contributed by atoms with Gasteiger partial charge in [0.15, 0.2) is 0 Å². The van der Waals surface area contributed by atoms with E-state index < -0.39 is 0 Å². The van der Waals surface area contributed by atoms with E-state index in [9.17, 15) is 4.79 Å². The number of benzene rings is 2. The van der Waals surface area contributed by atoms with Gasteiger partial charge >= 0.3 is 0 Å². The topological polar surface area (TPSA) is 98.2 Å². The minimum atomic E-state index is -0.217. The zero-order valence-corrected chi connectivity index (χ0v) is 16.6. The Hall–Kier alpha value is -3.32. The first-order valence-electron chi connectivity index (χ1n) is 9.70. The smallest absolute Gasteiger partial charge is 0.252 e. The molecule has 0 fully saturated rings. The maximum Gasteiger partial charge on any atom is 0.252 e. The molecule has 0 spiro atoms. The lowest BCUT2D eigenvalue weighted by Crippen LogP contribution is -2.33. The van der Waals surface area contributed by atoms with Crippen LogP contribution in [0.2, 0.25) is 0 Å². The average Bonchev–Trinajstić information content (AvgIpc) is 3.20. The fourth-order valence-electron chi connectivity index (χ4n) is 3.73. The Bertz CT molecular complexity index is 1180. The highest BCUT2D eigenvalue weighted by Gasteiger charge is 2.16. The van der Waals surface area contributed by atoms with Crippen molar-refractivity contribution in [2.45, 2.75) is 32.7 Å². The molecule has 1 unspecified atom stereocenters. The van der Waals surface area contributed by atoms with Crippen molar-refractivity contribution in [3.8, 4) is 0 Å². The van der Waals surface area contributed by atoms with Gasteiger partial charge in [0.1, 0.15) is 6.33 Å². The number of carbonyl (C=O) groups is 1. The van der Waals surface area contributed by atoms with Gasteiger partial charge in [0.05, 0.1) is 6.04 Å². The molecule has 1 amide bonds. The highest BCUT2D eigenvalue weighted by molar-refractivity contribution is 5.83. The third-order valence-corrected chi connectivity index (χ3v) is 5.34. The number of hydrogen-bond donors (Lipinski definition) is 2. The lowest BCUT2D eigenvalue weighted by Gasteiger charge is -2.18. The molecule has 0 aliphatic carbocycles. The molecule has 4 rings (SSSR count). The molecule has 1 atom stereocenters. The summed E-state index contributed by atoms with van der Waals surface area (Å²) in [6, 6.07) is 14.1. The zero-order chi connectivity index (χ0) is 20.4. The Labute approximate surface area is 169 Å². The normalized spacial score (nSPS) is 12.4. The quantitative estimate of drug-likeness (QED) is 0.529. The fraction of sp³-hybridized carbons (Fsp3) is 0.273. The number of nitrogens with one attached hydrogen (secondary N) is 1. The Morgan fingerprint density at radius 2 is 1.97 bits per heavy atom. The molecule has 29 heavy (non-hydrogen) atoms. The van der Waals surface area contributed by atoms with Crippen LogP contribution in [0, 0.1) is 13.8 Å². The van der Waals surface area contributed by atoms with Crippen LogP contribution in [0.3, 0.4) is 0 Å². The molecule has 148 valence electrons. The van der Waals surface area contributed by atoms with E-state index in [1.807, 2.05) is 32.0 Å². The van der Waals surface area contributed by atoms with Gasteiger partial charge in [-0.2, -0.15) is 10.1 Å². The number of fused-ring (bicyclic) bond motifs is 2. The Kier molecular flexibility index (Phi) is 5.22. The van der Waals surface area contributed by atoms with Crippen molar-refractivity contribution in [2.24, 2.45) is 5.73 Å². The van der Waals surface area contributed by atoms with Crippen LogP contribution in [0.25, 0.3) is 16.6 Å². The summed E-state index contributed by atoms with van der Waals surface area (Å²) in [5, 5.41) is 9.57. The summed E-state index contributed by atoms with van der Waals surface area (Å²) in [6.07, 6.45) is 2.43. The summed E-state index contributed by atoms with van der Waals surface area (Å²) in [5.74, 6) is 0.541. The van der Waals surface area contributed by atoms with Crippen molar-refractivity contribution in [3.63, 3.8) is 0 Å². The van der Waals surface area contributed by atoms with Crippen LogP contribution >= 0.6 is 0 Å². The van der Waals surface area contributed by atoms with Crippen LogP contribution in [0.5, 0.6) is 0 Å². The van der Waals surface area contributed by atoms with Crippen LogP contribution in [0.15, 0.2) is 48.8 Å². The minimum absolute atomic E-state index is 0.0360. The minimum Gasteiger partial charge on any atom is -0.348 e. The van der Waals surface area contributed by atoms with E-state index >= 15 is 0 Å². The highest BCUT2D eigenvalue weighted by Crippen LogP contribution is 2.21. The molecule has 7 nitrogen and oxygen atoms in total. The van der Waals surface area contributed by atoms with Crippen LogP contribution < -0.4 is 11.1 Å². The van der Waals surface area contributed by atoms with Gasteiger partial charge in [-0.25, -0.2) is 9.50 Å². The number of amides is 1. The summed E-state index contributed by atoms with van der Waals surface area (Å²) in [5.41, 5.74) is 9.83. The Balaban J connectivity index is 1.47. The molecular formula is C22H24N6O. The molecule has 2 heterocycles. The Morgan fingerprint density at radius 3 is 2.76 bits per heavy atom. The van der Waals surface area contributed by atoms with E-state index in [-0.39, 0.29) is 11.9 Å². The van der Waals surface area contributed by atoms with Gasteiger partial charge in [-0.3, -0.25) is 4.79 Å². The summed E-state index contributed by atoms with van der Waals surface area (Å²) < 4.78 is 1.71. The molecule has 0 aliphatic rings. The van der Waals surface area contributed by atoms with Crippen molar-refractivity contribution >= 4 is 22.5 Å². The lowest BCUT2D eigenvalue weighted by molar-refractivity contribution is -0.121. The van der Waals surface area contributed by atoms with Crippen molar-refractivity contribution in [1.82, 2.24) is 24.9 Å². The second kappa shape index (κ2) is 7.97. The summed E-state index contributed by atoms with van der Waals surface area (Å²) >= 11 is 0. The predicted octanol–water partition coefficient (Wildman–Crippen LogP) is 2.64. The van der Waals surface area contributed by atoms with Crippen molar-refractivity contribution in [3.05, 3.63) is 71.3 Å². The standard InChI is InChI=1S/C22H24N6O/c1-14-19(15(2)28-22(26-14)24-13-25-28)9-10-21(29)27-20(12-23)18-8-7-16-5-3-4-6-17(16)11-18/h3-8,11,13,20H,9-10,12,23H2,1-2H3,(H,27,29). The van der Waals surface area contributed by atoms with Gasteiger partial charge in [0.2, 0.25) is 5.91 Å². The largest absolute Gasteiger partial charge is 0.348 e. The van der Waals surface area contributed by atoms with Crippen LogP contribution in [0.1, 0.15) is 35.0 Å². The van der Waals surface area contributed by atoms with Gasteiger partial charge in [-0.1, -0.05) is 36.4 Å². The molecule has 4 aromatic rings. The van der Waals surface area contributed by atoms with Gasteiger partial charge in [-0.05, 0) is 48.2 Å². The van der Waals surface area contributed by atoms with E-state index in [1.54, 1.807) is 4.52 Å². The van der Waals surface area contributed by atoms with Crippen molar-refractivity contribution in [1.29, 1.82) is 0 Å². The number of rotatable bonds is 6. The van der Waals surface area contributed by atoms with E-state index in [0.29, 0.717) is 25.2 Å². The number of aromatic nitrogens is 4. The molecule has 7 heteroatoms. The fourth-order valence-corrected chi connectivity index (χ4v) is 3.73. The van der Waals surface area contributed by atoms with E-state index in [4.69, 9.17) is 5.73 Å². The van der Waals surface area contributed by atoms with E-state index in [1.165, 1.54) is 11.7 Å². The van der Waals surface area contributed by atoms with Crippen LogP contribution in [-0.2, 0) is 11.2 Å². The molecule has 2 aromatic heterocycles. The molecular weight excluding hydrogens is 364 g/mol. The molecule has 0 radical (unpaired) electrons. The number of nitrogens with zero attached hydrogens (tertiary/aromatic N) is 4. The maximum atomic E-state index is 12.6. The van der Waals surface area contributed by atoms with E-state index in [2.05, 4.69) is 44.6 Å². The summed E-state index contributed by atoms with van der Waals surface area (Å²) in [6.45, 7) is 4.25. The van der Waals surface area contributed by atoms with Gasteiger partial charge in [0, 0.05) is 24.4 Å². The van der Waals surface area contributed by atoms with E-state index in [0.717, 1.165) is 27.9 Å². The van der Waals surface area contributed by atoms with Crippen molar-refractivity contribution in [2.75, 3.05) is 6.54 Å². The second-order valence-electron chi connectivity index (χ2n) is 7.20. The summed E-state index contributed by atoms with van der Waals surface area (Å²) in [4.78, 5) is 21.2. The molecule has 0 aliphatic heterocycles. The lowest BCUT2D eigenvalue weighted by atomic mass is 10.0. The van der Waals surface area contributed by atoms with Gasteiger partial charge < -0.3 is 11.1 Å². The first-order valence-corrected chi connectivity index (χ1v) is 9.70. The number of hydrogen-bond acceptors (Lipinski definition) is 5. The summed E-state index contributed by atoms with van der Waals surface area (Å²) in [7, 11) is 0. The molecule has 0 saturated carbocycles. The van der Waals surface area contributed by atoms with Gasteiger partial charge in [0.25, 0.3) is 5.78 Å². The van der Waals surface area contributed by atoms with Crippen molar-refractivity contribution < 1.29 is 4.79 Å².